The molecule has 3 nitrogen and oxygen atoms in total. The Bertz CT molecular complexity index is 533. The highest BCUT2D eigenvalue weighted by Crippen LogP contribution is 2.21. The average molecular weight is 234 g/mol. The van der Waals surface area contributed by atoms with E-state index in [1.165, 1.54) is 0 Å². The molecule has 1 aromatic heterocycles. The molecular weight excluding hydrogens is 220 g/mol. The van der Waals surface area contributed by atoms with Gasteiger partial charge in [-0.15, -0.1) is 0 Å². The minimum Gasteiger partial charge on any atom is -0.323 e. The van der Waals surface area contributed by atoms with Crippen molar-refractivity contribution in [2.45, 2.75) is 13.0 Å². The van der Waals surface area contributed by atoms with E-state index in [4.69, 9.17) is 5.73 Å². The Balaban J connectivity index is 2.58. The fourth-order valence-corrected chi connectivity index (χ4v) is 1.97. The number of fused-ring (bicyclic) bond motifs is 1. The van der Waals surface area contributed by atoms with Crippen molar-refractivity contribution in [3.8, 4) is 0 Å². The number of aromatic nitrogens is 1. The minimum absolute atomic E-state index is 0.00611. The first kappa shape index (κ1) is 11.2. The number of nitrogens with zero attached hydrogens (tertiary/aromatic N) is 1. The highest BCUT2D eigenvalue weighted by Gasteiger charge is 2.08. The largest absolute Gasteiger partial charge is 0.323 e. The average Bonchev–Trinajstić information content (AvgIpc) is 2.70. The summed E-state index contributed by atoms with van der Waals surface area (Å²) in [6, 6.07) is 7.74. The maximum Gasteiger partial charge on any atom is 0.227 e. The number of hydrogen-bond donors (Lipinski definition) is 2. The molecule has 4 heteroatoms. The van der Waals surface area contributed by atoms with Crippen LogP contribution in [0.4, 0.5) is 0 Å². The summed E-state index contributed by atoms with van der Waals surface area (Å²) in [4.78, 5) is 11.4. The maximum absolute atomic E-state index is 11.4. The van der Waals surface area contributed by atoms with Crippen LogP contribution < -0.4 is 5.73 Å². The van der Waals surface area contributed by atoms with Gasteiger partial charge in [0.15, 0.2) is 0 Å². The second-order valence-corrected chi connectivity index (χ2v) is 4.18. The monoisotopic (exact) mass is 234 g/mol. The van der Waals surface area contributed by atoms with Crippen molar-refractivity contribution in [2.75, 3.05) is 5.75 Å². The summed E-state index contributed by atoms with van der Waals surface area (Å²) < 4.78 is 1.63. The highest BCUT2D eigenvalue weighted by molar-refractivity contribution is 7.80. The Hall–Kier alpha value is -1.26. The summed E-state index contributed by atoms with van der Waals surface area (Å²) in [5, 5.41) is 1.05. The van der Waals surface area contributed by atoms with Crippen LogP contribution in [0.3, 0.4) is 0 Å². The zero-order chi connectivity index (χ0) is 11.7. The normalized spacial score (nSPS) is 12.9. The van der Waals surface area contributed by atoms with Gasteiger partial charge in [-0.25, -0.2) is 0 Å². The summed E-state index contributed by atoms with van der Waals surface area (Å²) >= 11 is 4.17. The van der Waals surface area contributed by atoms with E-state index in [9.17, 15) is 4.79 Å². The van der Waals surface area contributed by atoms with Crippen molar-refractivity contribution in [3.05, 3.63) is 36.0 Å². The van der Waals surface area contributed by atoms with Crippen LogP contribution in [-0.4, -0.2) is 16.2 Å². The second-order valence-electron chi connectivity index (χ2n) is 3.81. The molecular formula is C12H14N2OS. The third-order valence-electron chi connectivity index (χ3n) is 2.68. The van der Waals surface area contributed by atoms with Crippen LogP contribution in [0.1, 0.15) is 23.3 Å². The van der Waals surface area contributed by atoms with Crippen LogP contribution in [0.15, 0.2) is 30.5 Å². The second kappa shape index (κ2) is 4.31. The number of carbonyl (C=O) groups excluding carboxylic acids is 1. The SMILES string of the molecule is CC(=O)n1ccc2ccc(C(N)CS)cc21. The Morgan fingerprint density at radius 1 is 1.50 bits per heavy atom. The van der Waals surface area contributed by atoms with E-state index in [2.05, 4.69) is 12.6 Å². The summed E-state index contributed by atoms with van der Waals surface area (Å²) in [6.45, 7) is 1.55. The molecule has 16 heavy (non-hydrogen) atoms. The van der Waals surface area contributed by atoms with Gasteiger partial charge >= 0.3 is 0 Å². The summed E-state index contributed by atoms with van der Waals surface area (Å²) in [7, 11) is 0. The Kier molecular flexibility index (Phi) is 3.03. The fraction of sp³-hybridized carbons (Fsp3) is 0.250. The lowest BCUT2D eigenvalue weighted by Crippen LogP contribution is -2.12. The van der Waals surface area contributed by atoms with E-state index in [1.54, 1.807) is 17.7 Å². The predicted molar refractivity (Wildman–Crippen MR) is 69.0 cm³/mol. The Labute approximate surface area is 99.6 Å². The van der Waals surface area contributed by atoms with E-state index in [0.29, 0.717) is 5.75 Å². The molecule has 0 fully saturated rings. The quantitative estimate of drug-likeness (QED) is 0.783. The van der Waals surface area contributed by atoms with Crippen molar-refractivity contribution in [1.82, 2.24) is 4.57 Å². The van der Waals surface area contributed by atoms with Gasteiger partial charge in [0.2, 0.25) is 5.91 Å². The van der Waals surface area contributed by atoms with Gasteiger partial charge in [0, 0.05) is 30.3 Å². The minimum atomic E-state index is -0.0944. The van der Waals surface area contributed by atoms with Gasteiger partial charge in [0.1, 0.15) is 0 Å². The van der Waals surface area contributed by atoms with E-state index >= 15 is 0 Å². The van der Waals surface area contributed by atoms with Crippen molar-refractivity contribution >= 4 is 29.4 Å². The zero-order valence-corrected chi connectivity index (χ0v) is 9.95. The fourth-order valence-electron chi connectivity index (χ4n) is 1.76. The first-order valence-corrected chi connectivity index (χ1v) is 5.75. The molecule has 0 bridgehead atoms. The number of thiol groups is 1. The predicted octanol–water partition coefficient (Wildman–Crippen LogP) is 2.23. The van der Waals surface area contributed by atoms with Gasteiger partial charge in [0.25, 0.3) is 0 Å². The molecule has 0 spiro atoms. The van der Waals surface area contributed by atoms with Crippen LogP contribution in [-0.2, 0) is 0 Å². The molecule has 2 aromatic rings. The molecule has 2 rings (SSSR count). The van der Waals surface area contributed by atoms with Crippen LogP contribution >= 0.6 is 12.6 Å². The number of rotatable bonds is 2. The van der Waals surface area contributed by atoms with E-state index < -0.39 is 0 Å². The van der Waals surface area contributed by atoms with Crippen LogP contribution in [0, 0.1) is 0 Å². The smallest absolute Gasteiger partial charge is 0.227 e. The third-order valence-corrected chi connectivity index (χ3v) is 3.07. The number of nitrogens with two attached hydrogens (primary N) is 1. The topological polar surface area (TPSA) is 48.0 Å². The third kappa shape index (κ3) is 1.86. The molecule has 0 amide bonds. The van der Waals surface area contributed by atoms with E-state index in [-0.39, 0.29) is 11.9 Å². The standard InChI is InChI=1S/C12H14N2OS/c1-8(15)14-5-4-9-2-3-10(6-12(9)14)11(13)7-16/h2-6,11,16H,7,13H2,1H3. The van der Waals surface area contributed by atoms with Gasteiger partial charge in [-0.2, -0.15) is 12.6 Å². The van der Waals surface area contributed by atoms with Gasteiger partial charge in [-0.05, 0) is 17.7 Å². The summed E-state index contributed by atoms with van der Waals surface area (Å²) in [5.41, 5.74) is 7.82. The van der Waals surface area contributed by atoms with Crippen LogP contribution in [0.25, 0.3) is 10.9 Å². The van der Waals surface area contributed by atoms with Gasteiger partial charge in [0.05, 0.1) is 5.52 Å². The lowest BCUT2D eigenvalue weighted by atomic mass is 10.1. The summed E-state index contributed by atoms with van der Waals surface area (Å²) in [5.74, 6) is 0.596. The van der Waals surface area contributed by atoms with Crippen molar-refractivity contribution in [3.63, 3.8) is 0 Å². The van der Waals surface area contributed by atoms with Gasteiger partial charge in [-0.3, -0.25) is 9.36 Å². The zero-order valence-electron chi connectivity index (χ0n) is 9.05. The highest BCUT2D eigenvalue weighted by atomic mass is 32.1. The molecule has 0 aliphatic heterocycles. The Morgan fingerprint density at radius 2 is 2.25 bits per heavy atom. The lowest BCUT2D eigenvalue weighted by Gasteiger charge is -2.09. The maximum atomic E-state index is 11.4. The Morgan fingerprint density at radius 3 is 2.88 bits per heavy atom. The lowest BCUT2D eigenvalue weighted by molar-refractivity contribution is 0.0941. The molecule has 0 saturated heterocycles. The molecule has 2 N–H and O–H groups in total. The summed E-state index contributed by atoms with van der Waals surface area (Å²) in [6.07, 6.45) is 1.78. The molecule has 0 aliphatic carbocycles. The van der Waals surface area contributed by atoms with E-state index in [0.717, 1.165) is 16.5 Å². The molecule has 0 radical (unpaired) electrons. The molecule has 1 aromatic carbocycles. The molecule has 0 saturated carbocycles. The number of benzene rings is 1. The van der Waals surface area contributed by atoms with Crippen LogP contribution in [0.5, 0.6) is 0 Å². The number of carbonyl (C=O) groups is 1. The first-order chi connectivity index (χ1) is 7.63. The van der Waals surface area contributed by atoms with Crippen molar-refractivity contribution in [2.24, 2.45) is 5.73 Å². The van der Waals surface area contributed by atoms with Crippen molar-refractivity contribution < 1.29 is 4.79 Å². The molecule has 84 valence electrons. The molecule has 1 heterocycles. The molecule has 1 unspecified atom stereocenters. The number of hydrogen-bond acceptors (Lipinski definition) is 3. The van der Waals surface area contributed by atoms with Crippen LogP contribution in [0.2, 0.25) is 0 Å². The first-order valence-electron chi connectivity index (χ1n) is 5.12. The van der Waals surface area contributed by atoms with Gasteiger partial charge in [-0.1, -0.05) is 12.1 Å². The molecule has 0 aliphatic rings. The van der Waals surface area contributed by atoms with E-state index in [1.807, 2.05) is 24.3 Å². The molecule has 1 atom stereocenters. The van der Waals surface area contributed by atoms with Crippen molar-refractivity contribution in [1.29, 1.82) is 0 Å². The van der Waals surface area contributed by atoms with Gasteiger partial charge < -0.3 is 5.73 Å².